The number of rotatable bonds is 7. The standard InChI is InChI=1S/C23H23BrFN3O3/c1-30-11-12-31-21-10-9-16(14-19(21)25)26-23(29)22-18-7-2-3-8-20(18)28(27-22)17-6-4-5-15(24)13-17/h4-6,9-10,13-14H,2-3,7-8,11-12H2,1H3,(H,26,29). The maximum absolute atomic E-state index is 14.3. The van der Waals surface area contributed by atoms with Gasteiger partial charge in [-0.25, -0.2) is 9.07 Å². The van der Waals surface area contributed by atoms with E-state index in [1.165, 1.54) is 12.1 Å². The highest BCUT2D eigenvalue weighted by molar-refractivity contribution is 9.10. The van der Waals surface area contributed by atoms with E-state index in [2.05, 4.69) is 26.3 Å². The van der Waals surface area contributed by atoms with E-state index in [0.29, 0.717) is 18.0 Å². The van der Waals surface area contributed by atoms with Crippen molar-refractivity contribution in [3.63, 3.8) is 0 Å². The number of hydrogen-bond acceptors (Lipinski definition) is 4. The van der Waals surface area contributed by atoms with Gasteiger partial charge in [0.2, 0.25) is 0 Å². The summed E-state index contributed by atoms with van der Waals surface area (Å²) in [5, 5.41) is 7.42. The van der Waals surface area contributed by atoms with Crippen LogP contribution in [0.1, 0.15) is 34.6 Å². The molecule has 0 aliphatic heterocycles. The van der Waals surface area contributed by atoms with Crippen LogP contribution in [-0.2, 0) is 17.6 Å². The largest absolute Gasteiger partial charge is 0.488 e. The van der Waals surface area contributed by atoms with Gasteiger partial charge < -0.3 is 14.8 Å². The molecule has 162 valence electrons. The van der Waals surface area contributed by atoms with Crippen LogP contribution in [0.5, 0.6) is 5.75 Å². The number of anilines is 1. The van der Waals surface area contributed by atoms with Gasteiger partial charge in [-0.1, -0.05) is 22.0 Å². The molecule has 0 bridgehead atoms. The lowest BCUT2D eigenvalue weighted by Crippen LogP contribution is -2.16. The zero-order chi connectivity index (χ0) is 21.8. The molecule has 1 aliphatic rings. The van der Waals surface area contributed by atoms with Gasteiger partial charge in [0.1, 0.15) is 6.61 Å². The number of nitrogens with zero attached hydrogens (tertiary/aromatic N) is 2. The first-order valence-electron chi connectivity index (χ1n) is 10.2. The van der Waals surface area contributed by atoms with Gasteiger partial charge >= 0.3 is 0 Å². The molecule has 8 heteroatoms. The van der Waals surface area contributed by atoms with E-state index in [4.69, 9.17) is 9.47 Å². The maximum Gasteiger partial charge on any atom is 0.276 e. The first-order valence-corrected chi connectivity index (χ1v) is 11.0. The van der Waals surface area contributed by atoms with E-state index in [0.717, 1.165) is 47.1 Å². The summed E-state index contributed by atoms with van der Waals surface area (Å²) in [7, 11) is 1.55. The molecule has 4 rings (SSSR count). The first-order chi connectivity index (χ1) is 15.1. The Morgan fingerprint density at radius 2 is 2.03 bits per heavy atom. The van der Waals surface area contributed by atoms with E-state index < -0.39 is 5.82 Å². The number of amides is 1. The molecule has 1 heterocycles. The molecule has 1 N–H and O–H groups in total. The summed E-state index contributed by atoms with van der Waals surface area (Å²) in [5.41, 5.74) is 3.65. The van der Waals surface area contributed by atoms with Gasteiger partial charge in [0, 0.05) is 34.6 Å². The van der Waals surface area contributed by atoms with E-state index >= 15 is 0 Å². The molecule has 0 unspecified atom stereocenters. The van der Waals surface area contributed by atoms with Crippen LogP contribution in [0, 0.1) is 5.82 Å². The number of carbonyl (C=O) groups is 1. The summed E-state index contributed by atoms with van der Waals surface area (Å²) >= 11 is 3.49. The van der Waals surface area contributed by atoms with Gasteiger partial charge in [-0.2, -0.15) is 5.10 Å². The lowest BCUT2D eigenvalue weighted by molar-refractivity contribution is 0.102. The summed E-state index contributed by atoms with van der Waals surface area (Å²) in [6.45, 7) is 0.613. The van der Waals surface area contributed by atoms with Crippen LogP contribution in [0.25, 0.3) is 5.69 Å². The Labute approximate surface area is 188 Å². The van der Waals surface area contributed by atoms with Gasteiger partial charge in [-0.3, -0.25) is 4.79 Å². The maximum atomic E-state index is 14.3. The van der Waals surface area contributed by atoms with Crippen molar-refractivity contribution in [2.75, 3.05) is 25.6 Å². The number of hydrogen-bond donors (Lipinski definition) is 1. The van der Waals surface area contributed by atoms with Gasteiger partial charge in [-0.15, -0.1) is 0 Å². The third kappa shape index (κ3) is 4.80. The lowest BCUT2D eigenvalue weighted by Gasteiger charge is -2.14. The number of methoxy groups -OCH3 is 1. The van der Waals surface area contributed by atoms with Crippen molar-refractivity contribution in [1.29, 1.82) is 0 Å². The summed E-state index contributed by atoms with van der Waals surface area (Å²) in [6.07, 6.45) is 3.74. The van der Waals surface area contributed by atoms with Crippen molar-refractivity contribution in [2.24, 2.45) is 0 Å². The van der Waals surface area contributed by atoms with Crippen LogP contribution in [0.4, 0.5) is 10.1 Å². The highest BCUT2D eigenvalue weighted by Crippen LogP contribution is 2.29. The number of aromatic nitrogens is 2. The Hall–Kier alpha value is -2.71. The highest BCUT2D eigenvalue weighted by Gasteiger charge is 2.26. The van der Waals surface area contributed by atoms with Gasteiger partial charge in [0.05, 0.1) is 12.3 Å². The van der Waals surface area contributed by atoms with Crippen LogP contribution in [0.15, 0.2) is 46.9 Å². The Kier molecular flexibility index (Phi) is 6.67. The minimum absolute atomic E-state index is 0.117. The van der Waals surface area contributed by atoms with Crippen molar-refractivity contribution in [2.45, 2.75) is 25.7 Å². The second-order valence-electron chi connectivity index (χ2n) is 7.31. The molecule has 1 aromatic heterocycles. The van der Waals surface area contributed by atoms with Gasteiger partial charge in [-0.05, 0) is 56.0 Å². The van der Waals surface area contributed by atoms with Gasteiger partial charge in [0.15, 0.2) is 17.3 Å². The van der Waals surface area contributed by atoms with Crippen molar-refractivity contribution in [3.8, 4) is 11.4 Å². The molecule has 2 aromatic carbocycles. The fraction of sp³-hybridized carbons (Fsp3) is 0.304. The van der Waals surface area contributed by atoms with Crippen molar-refractivity contribution < 1.29 is 18.7 Å². The van der Waals surface area contributed by atoms with E-state index in [1.54, 1.807) is 13.2 Å². The smallest absolute Gasteiger partial charge is 0.276 e. The Morgan fingerprint density at radius 1 is 1.19 bits per heavy atom. The zero-order valence-electron chi connectivity index (χ0n) is 17.2. The molecule has 3 aromatic rings. The van der Waals surface area contributed by atoms with Gasteiger partial charge in [0.25, 0.3) is 5.91 Å². The minimum Gasteiger partial charge on any atom is -0.488 e. The number of halogens is 2. The van der Waals surface area contributed by atoms with E-state index in [-0.39, 0.29) is 18.3 Å². The number of benzene rings is 2. The Bertz CT molecular complexity index is 1100. The average molecular weight is 488 g/mol. The second kappa shape index (κ2) is 9.62. The fourth-order valence-corrected chi connectivity index (χ4v) is 4.11. The molecule has 0 spiro atoms. The summed E-state index contributed by atoms with van der Waals surface area (Å²) < 4.78 is 27.3. The molecular weight excluding hydrogens is 465 g/mol. The Morgan fingerprint density at radius 3 is 2.81 bits per heavy atom. The number of ether oxygens (including phenoxy) is 2. The predicted molar refractivity (Wildman–Crippen MR) is 120 cm³/mol. The normalized spacial score (nSPS) is 13.0. The molecule has 0 saturated heterocycles. The average Bonchev–Trinajstić information content (AvgIpc) is 3.15. The zero-order valence-corrected chi connectivity index (χ0v) is 18.7. The quantitative estimate of drug-likeness (QED) is 0.479. The monoisotopic (exact) mass is 487 g/mol. The minimum atomic E-state index is -0.546. The number of fused-ring (bicyclic) bond motifs is 1. The number of carbonyl (C=O) groups excluding carboxylic acids is 1. The summed E-state index contributed by atoms with van der Waals surface area (Å²) in [4.78, 5) is 13.0. The molecule has 1 amide bonds. The van der Waals surface area contributed by atoms with Crippen LogP contribution in [0.3, 0.4) is 0 Å². The van der Waals surface area contributed by atoms with Crippen LogP contribution in [-0.4, -0.2) is 36.0 Å². The SMILES string of the molecule is COCCOc1ccc(NC(=O)c2nn(-c3cccc(Br)c3)c3c2CCCC3)cc1F. The molecule has 31 heavy (non-hydrogen) atoms. The highest BCUT2D eigenvalue weighted by atomic mass is 79.9. The topological polar surface area (TPSA) is 65.4 Å². The molecule has 6 nitrogen and oxygen atoms in total. The third-order valence-corrected chi connectivity index (χ3v) is 5.68. The predicted octanol–water partition coefficient (Wildman–Crippen LogP) is 4.93. The Balaban J connectivity index is 1.58. The molecule has 0 fully saturated rings. The third-order valence-electron chi connectivity index (χ3n) is 5.18. The summed E-state index contributed by atoms with van der Waals surface area (Å²) in [6, 6.07) is 12.2. The van der Waals surface area contributed by atoms with E-state index in [1.807, 2.05) is 28.9 Å². The van der Waals surface area contributed by atoms with Crippen molar-refractivity contribution >= 4 is 27.5 Å². The first kappa shape index (κ1) is 21.5. The molecule has 0 saturated carbocycles. The van der Waals surface area contributed by atoms with Crippen LogP contribution in [0.2, 0.25) is 0 Å². The molecular formula is C23H23BrFN3O3. The van der Waals surface area contributed by atoms with Crippen LogP contribution >= 0.6 is 15.9 Å². The molecule has 1 aliphatic carbocycles. The van der Waals surface area contributed by atoms with E-state index in [9.17, 15) is 9.18 Å². The van der Waals surface area contributed by atoms with Crippen molar-refractivity contribution in [3.05, 3.63) is 69.7 Å². The molecule has 0 radical (unpaired) electrons. The fourth-order valence-electron chi connectivity index (χ4n) is 3.72. The molecule has 0 atom stereocenters. The van der Waals surface area contributed by atoms with Crippen LogP contribution < -0.4 is 10.1 Å². The lowest BCUT2D eigenvalue weighted by atomic mass is 9.95. The summed E-state index contributed by atoms with van der Waals surface area (Å²) in [5.74, 6) is -0.777. The van der Waals surface area contributed by atoms with Crippen molar-refractivity contribution in [1.82, 2.24) is 9.78 Å². The number of nitrogens with one attached hydrogen (secondary N) is 1. The second-order valence-corrected chi connectivity index (χ2v) is 8.23.